The first-order valence-electron chi connectivity index (χ1n) is 12.9. The fourth-order valence-corrected chi connectivity index (χ4v) is 7.32. The molecule has 2 saturated heterocycles. The second-order valence-corrected chi connectivity index (χ2v) is 11.1. The minimum absolute atomic E-state index is 0.0510. The lowest BCUT2D eigenvalue weighted by Crippen LogP contribution is -2.69. The Morgan fingerprint density at radius 2 is 2.00 bits per heavy atom. The number of aliphatic hydroxyl groups is 1. The van der Waals surface area contributed by atoms with E-state index in [4.69, 9.17) is 4.74 Å². The van der Waals surface area contributed by atoms with Crippen molar-refractivity contribution < 1.29 is 19.7 Å². The summed E-state index contributed by atoms with van der Waals surface area (Å²) in [5.41, 5.74) is 0.941. The number of hydrogen-bond donors (Lipinski definition) is 3. The van der Waals surface area contributed by atoms with E-state index in [-0.39, 0.29) is 23.6 Å². The summed E-state index contributed by atoms with van der Waals surface area (Å²) < 4.78 is 5.41. The number of aromatic hydroxyl groups is 1. The molecule has 1 aromatic carbocycles. The van der Waals surface area contributed by atoms with Gasteiger partial charge in [0.2, 0.25) is 5.91 Å². The van der Waals surface area contributed by atoms with E-state index in [1.807, 2.05) is 12.1 Å². The van der Waals surface area contributed by atoms with E-state index in [1.165, 1.54) is 18.4 Å². The van der Waals surface area contributed by atoms with Crippen molar-refractivity contribution in [3.63, 3.8) is 0 Å². The van der Waals surface area contributed by atoms with E-state index in [1.54, 1.807) is 6.07 Å². The molecule has 1 amide bonds. The number of carbonyl (C=O) groups excluding carboxylic acids is 1. The molecule has 180 valence electrons. The average molecular weight is 456 g/mol. The number of fused-ring (bicyclic) bond motifs is 1. The minimum Gasteiger partial charge on any atom is -0.508 e. The number of hydrogen-bond acceptors (Lipinski definition) is 6. The fraction of sp³-hybridized carbons (Fsp3) is 0.731. The molecule has 2 heterocycles. The van der Waals surface area contributed by atoms with Crippen molar-refractivity contribution in [1.82, 2.24) is 15.1 Å². The summed E-state index contributed by atoms with van der Waals surface area (Å²) in [6.45, 7) is 6.86. The number of benzene rings is 1. The zero-order valence-corrected chi connectivity index (χ0v) is 19.5. The number of likely N-dealkylation sites (tertiary alicyclic amines) is 1. The Kier molecular flexibility index (Phi) is 5.44. The standard InChI is InChI=1S/C26H37N3O4/c30-21-4-3-19-13-23-26(32)16-20(24(31)27-6-8-28-9-11-33-12-10-28)15-25(26,22(19)14-21)5-7-29(23)17-18-1-2-18/h3-4,14,18,20,23,30,32H,1-2,5-13,15-17H2,(H,27,31)/t20-,23+,25+,26+/m0/s1. The Morgan fingerprint density at radius 3 is 2.79 bits per heavy atom. The highest BCUT2D eigenvalue weighted by atomic mass is 16.5. The molecule has 0 radical (unpaired) electrons. The molecule has 2 aliphatic heterocycles. The summed E-state index contributed by atoms with van der Waals surface area (Å²) >= 11 is 0. The molecule has 3 N–H and O–H groups in total. The van der Waals surface area contributed by atoms with Gasteiger partial charge >= 0.3 is 0 Å². The highest BCUT2D eigenvalue weighted by Gasteiger charge is 2.68. The molecule has 4 atom stereocenters. The van der Waals surface area contributed by atoms with Crippen LogP contribution in [0.25, 0.3) is 0 Å². The quantitative estimate of drug-likeness (QED) is 0.599. The van der Waals surface area contributed by atoms with Crippen LogP contribution in [0, 0.1) is 11.8 Å². The van der Waals surface area contributed by atoms with Gasteiger partial charge in [-0.25, -0.2) is 0 Å². The zero-order chi connectivity index (χ0) is 22.6. The third kappa shape index (κ3) is 3.68. The van der Waals surface area contributed by atoms with Gasteiger partial charge in [0.1, 0.15) is 5.75 Å². The van der Waals surface area contributed by atoms with Crippen LogP contribution < -0.4 is 5.32 Å². The molecule has 4 fully saturated rings. The number of piperidine rings is 1. The number of carbonyl (C=O) groups is 1. The lowest BCUT2D eigenvalue weighted by atomic mass is 9.56. The number of morpholine rings is 1. The third-order valence-corrected chi connectivity index (χ3v) is 9.21. The van der Waals surface area contributed by atoms with Crippen LogP contribution in [0.15, 0.2) is 18.2 Å². The third-order valence-electron chi connectivity index (χ3n) is 9.21. The predicted octanol–water partition coefficient (Wildman–Crippen LogP) is 1.26. The first-order chi connectivity index (χ1) is 16.0. The molecule has 0 aromatic heterocycles. The number of nitrogens with zero attached hydrogens (tertiary/aromatic N) is 2. The fourth-order valence-electron chi connectivity index (χ4n) is 7.32. The summed E-state index contributed by atoms with van der Waals surface area (Å²) in [7, 11) is 0. The maximum absolute atomic E-state index is 13.3. The number of nitrogens with one attached hydrogen (secondary N) is 1. The van der Waals surface area contributed by atoms with Crippen LogP contribution in [0.1, 0.15) is 43.2 Å². The summed E-state index contributed by atoms with van der Waals surface area (Å²) in [5, 5.41) is 25.8. The molecule has 7 heteroatoms. The molecule has 33 heavy (non-hydrogen) atoms. The Bertz CT molecular complexity index is 915. The molecule has 5 aliphatic rings. The van der Waals surface area contributed by atoms with Crippen LogP contribution in [0.3, 0.4) is 0 Å². The van der Waals surface area contributed by atoms with Gasteiger partial charge in [-0.1, -0.05) is 6.07 Å². The van der Waals surface area contributed by atoms with E-state index in [2.05, 4.69) is 15.1 Å². The van der Waals surface area contributed by atoms with Crippen molar-refractivity contribution in [2.24, 2.45) is 11.8 Å². The van der Waals surface area contributed by atoms with Crippen molar-refractivity contribution in [1.29, 1.82) is 0 Å². The SMILES string of the molecule is O=C(NCCN1CCOCC1)[C@H]1C[C@]23CCN(CC4CC4)[C@H](Cc4ccc(O)cc42)[C@]3(O)C1. The Labute approximate surface area is 196 Å². The van der Waals surface area contributed by atoms with Gasteiger partial charge in [-0.2, -0.15) is 0 Å². The van der Waals surface area contributed by atoms with E-state index >= 15 is 0 Å². The molecule has 3 aliphatic carbocycles. The zero-order valence-electron chi connectivity index (χ0n) is 19.5. The topological polar surface area (TPSA) is 85.3 Å². The van der Waals surface area contributed by atoms with E-state index in [0.29, 0.717) is 19.4 Å². The molecular weight excluding hydrogens is 418 g/mol. The lowest BCUT2D eigenvalue weighted by molar-refractivity contribution is -0.134. The molecule has 0 unspecified atom stereocenters. The van der Waals surface area contributed by atoms with Crippen molar-refractivity contribution >= 4 is 5.91 Å². The molecule has 2 saturated carbocycles. The van der Waals surface area contributed by atoms with Crippen LogP contribution in [0.4, 0.5) is 0 Å². The summed E-state index contributed by atoms with van der Waals surface area (Å²) in [6, 6.07) is 5.72. The summed E-state index contributed by atoms with van der Waals surface area (Å²) in [6.07, 6.45) is 5.41. The van der Waals surface area contributed by atoms with Crippen LogP contribution in [-0.2, 0) is 21.4 Å². The van der Waals surface area contributed by atoms with Crippen LogP contribution in [0.2, 0.25) is 0 Å². The van der Waals surface area contributed by atoms with Crippen LogP contribution >= 0.6 is 0 Å². The van der Waals surface area contributed by atoms with Crippen LogP contribution in [0.5, 0.6) is 5.75 Å². The minimum atomic E-state index is -0.923. The first kappa shape index (κ1) is 21.8. The Balaban J connectivity index is 1.23. The summed E-state index contributed by atoms with van der Waals surface area (Å²) in [5.74, 6) is 0.892. The predicted molar refractivity (Wildman–Crippen MR) is 124 cm³/mol. The largest absolute Gasteiger partial charge is 0.508 e. The number of phenols is 1. The maximum atomic E-state index is 13.3. The molecule has 1 aromatic rings. The van der Waals surface area contributed by atoms with Gasteiger partial charge in [-0.15, -0.1) is 0 Å². The van der Waals surface area contributed by atoms with Gasteiger partial charge in [0.05, 0.1) is 18.8 Å². The number of amides is 1. The number of rotatable bonds is 6. The second-order valence-electron chi connectivity index (χ2n) is 11.1. The Morgan fingerprint density at radius 1 is 1.18 bits per heavy atom. The van der Waals surface area contributed by atoms with Crippen LogP contribution in [-0.4, -0.2) is 90.0 Å². The van der Waals surface area contributed by atoms with Gasteiger partial charge in [-0.05, 0) is 74.2 Å². The Hall–Kier alpha value is -1.67. The van der Waals surface area contributed by atoms with Gasteiger partial charge in [0.15, 0.2) is 0 Å². The maximum Gasteiger partial charge on any atom is 0.223 e. The highest BCUT2D eigenvalue weighted by molar-refractivity contribution is 5.80. The van der Waals surface area contributed by atoms with Gasteiger partial charge in [0.25, 0.3) is 0 Å². The molecule has 6 rings (SSSR count). The lowest BCUT2D eigenvalue weighted by Gasteiger charge is -2.59. The molecule has 0 spiro atoms. The average Bonchev–Trinajstić information content (AvgIpc) is 3.56. The van der Waals surface area contributed by atoms with Crippen molar-refractivity contribution in [2.45, 2.75) is 55.6 Å². The normalized spacial score (nSPS) is 36.3. The summed E-state index contributed by atoms with van der Waals surface area (Å²) in [4.78, 5) is 18.1. The molecular formula is C26H37N3O4. The molecule has 7 nitrogen and oxygen atoms in total. The highest BCUT2D eigenvalue weighted by Crippen LogP contribution is 2.62. The van der Waals surface area contributed by atoms with Crippen molar-refractivity contribution in [3.8, 4) is 5.75 Å². The number of ether oxygens (including phenoxy) is 1. The second kappa shape index (κ2) is 8.22. The van der Waals surface area contributed by atoms with Gasteiger partial charge in [-0.3, -0.25) is 14.6 Å². The van der Waals surface area contributed by atoms with E-state index < -0.39 is 11.0 Å². The first-order valence-corrected chi connectivity index (χ1v) is 12.9. The number of phenolic OH excluding ortho intramolecular Hbond substituents is 1. The van der Waals surface area contributed by atoms with Gasteiger partial charge < -0.3 is 20.3 Å². The van der Waals surface area contributed by atoms with Gasteiger partial charge in [0, 0.05) is 50.1 Å². The molecule has 2 bridgehead atoms. The monoisotopic (exact) mass is 455 g/mol. The van der Waals surface area contributed by atoms with E-state index in [9.17, 15) is 15.0 Å². The van der Waals surface area contributed by atoms with Crippen molar-refractivity contribution in [3.05, 3.63) is 29.3 Å². The smallest absolute Gasteiger partial charge is 0.223 e. The van der Waals surface area contributed by atoms with Crippen molar-refractivity contribution in [2.75, 3.05) is 52.5 Å². The van der Waals surface area contributed by atoms with E-state index in [0.717, 1.165) is 70.3 Å².